The lowest BCUT2D eigenvalue weighted by atomic mass is 10.00. The largest absolute Gasteiger partial charge is 0.379 e. The average Bonchev–Trinajstić information content (AvgIpc) is 3.13. The topological polar surface area (TPSA) is 54.5 Å². The van der Waals surface area contributed by atoms with E-state index in [0.717, 1.165) is 62.2 Å². The molecule has 1 aromatic heterocycles. The van der Waals surface area contributed by atoms with Crippen LogP contribution in [0.3, 0.4) is 0 Å². The van der Waals surface area contributed by atoms with Crippen molar-refractivity contribution >= 4 is 22.5 Å². The van der Waals surface area contributed by atoms with Gasteiger partial charge in [0.05, 0.1) is 30.3 Å². The summed E-state index contributed by atoms with van der Waals surface area (Å²) >= 11 is 0. The van der Waals surface area contributed by atoms with Gasteiger partial charge in [-0.1, -0.05) is 24.6 Å². The predicted octanol–water partition coefficient (Wildman–Crippen LogP) is 2.67. The summed E-state index contributed by atoms with van der Waals surface area (Å²) in [6.45, 7) is 3.42. The summed E-state index contributed by atoms with van der Waals surface area (Å²) in [5, 5.41) is 4.18. The van der Waals surface area contributed by atoms with Crippen molar-refractivity contribution < 1.29 is 9.53 Å². The predicted molar refractivity (Wildman–Crippen MR) is 93.9 cm³/mol. The number of hydrogen-bond donors (Lipinski definition) is 1. The van der Waals surface area contributed by atoms with Crippen LogP contribution in [0.4, 0.5) is 5.69 Å². The number of amides is 1. The van der Waals surface area contributed by atoms with E-state index in [4.69, 9.17) is 4.74 Å². The minimum atomic E-state index is 0.0575. The Morgan fingerprint density at radius 1 is 1.17 bits per heavy atom. The van der Waals surface area contributed by atoms with Crippen LogP contribution in [0.25, 0.3) is 10.9 Å². The molecule has 0 radical (unpaired) electrons. The van der Waals surface area contributed by atoms with Gasteiger partial charge in [0.2, 0.25) is 5.91 Å². The molecule has 0 spiro atoms. The van der Waals surface area contributed by atoms with E-state index in [2.05, 4.69) is 15.2 Å². The lowest BCUT2D eigenvalue weighted by Gasteiger charge is -2.35. The van der Waals surface area contributed by atoms with Crippen molar-refractivity contribution in [1.82, 2.24) is 9.88 Å². The van der Waals surface area contributed by atoms with Gasteiger partial charge in [-0.2, -0.15) is 0 Å². The molecule has 126 valence electrons. The molecular weight excluding hydrogens is 302 g/mol. The molecule has 2 heterocycles. The number of hydrogen-bond acceptors (Lipinski definition) is 4. The summed E-state index contributed by atoms with van der Waals surface area (Å²) in [7, 11) is 0. The molecule has 1 aliphatic heterocycles. The molecule has 4 rings (SSSR count). The van der Waals surface area contributed by atoms with Crippen LogP contribution in [0.5, 0.6) is 0 Å². The van der Waals surface area contributed by atoms with Crippen LogP contribution in [0, 0.1) is 5.92 Å². The van der Waals surface area contributed by atoms with Gasteiger partial charge in [-0.25, -0.2) is 0 Å². The van der Waals surface area contributed by atoms with Crippen molar-refractivity contribution in [1.29, 1.82) is 0 Å². The number of nitrogens with one attached hydrogen (secondary N) is 1. The Hall–Kier alpha value is -1.98. The van der Waals surface area contributed by atoms with Gasteiger partial charge in [0.15, 0.2) is 0 Å². The van der Waals surface area contributed by atoms with Crippen LogP contribution >= 0.6 is 0 Å². The number of ether oxygens (including phenoxy) is 1. The number of para-hydroxylation sites is 1. The van der Waals surface area contributed by atoms with Gasteiger partial charge in [-0.15, -0.1) is 0 Å². The van der Waals surface area contributed by atoms with E-state index in [1.165, 1.54) is 0 Å². The summed E-state index contributed by atoms with van der Waals surface area (Å²) in [5.74, 6) is 0.184. The first-order valence-electron chi connectivity index (χ1n) is 8.79. The summed E-state index contributed by atoms with van der Waals surface area (Å²) in [4.78, 5) is 19.8. The van der Waals surface area contributed by atoms with Crippen LogP contribution in [-0.2, 0) is 9.53 Å². The Kier molecular flexibility index (Phi) is 4.45. The van der Waals surface area contributed by atoms with Crippen LogP contribution in [0.2, 0.25) is 0 Å². The quantitative estimate of drug-likeness (QED) is 0.943. The SMILES string of the molecule is O=C(Nc1cccc2cccnc12)[C@@H]1CCC[C@@H]1N1CCOCC1. The minimum Gasteiger partial charge on any atom is -0.379 e. The van der Waals surface area contributed by atoms with E-state index in [-0.39, 0.29) is 11.8 Å². The lowest BCUT2D eigenvalue weighted by molar-refractivity contribution is -0.122. The van der Waals surface area contributed by atoms with Crippen molar-refractivity contribution in [3.8, 4) is 0 Å². The molecule has 2 fully saturated rings. The highest BCUT2D eigenvalue weighted by molar-refractivity contribution is 6.01. The zero-order chi connectivity index (χ0) is 16.4. The van der Waals surface area contributed by atoms with Gasteiger partial charge in [-0.05, 0) is 25.0 Å². The summed E-state index contributed by atoms with van der Waals surface area (Å²) in [5.41, 5.74) is 1.67. The lowest BCUT2D eigenvalue weighted by Crippen LogP contribution is -2.47. The summed E-state index contributed by atoms with van der Waals surface area (Å²) in [6.07, 6.45) is 4.95. The van der Waals surface area contributed by atoms with Crippen LogP contribution in [0.15, 0.2) is 36.5 Å². The van der Waals surface area contributed by atoms with Gasteiger partial charge in [0.25, 0.3) is 0 Å². The number of rotatable bonds is 3. The number of morpholine rings is 1. The maximum atomic E-state index is 12.9. The minimum absolute atomic E-state index is 0.0575. The van der Waals surface area contributed by atoms with E-state index in [0.29, 0.717) is 6.04 Å². The number of aromatic nitrogens is 1. The third kappa shape index (κ3) is 3.01. The summed E-state index contributed by atoms with van der Waals surface area (Å²) < 4.78 is 5.45. The third-order valence-corrected chi connectivity index (χ3v) is 5.22. The van der Waals surface area contributed by atoms with Crippen molar-refractivity contribution in [2.24, 2.45) is 5.92 Å². The molecule has 1 aromatic carbocycles. The molecule has 5 heteroatoms. The van der Waals surface area contributed by atoms with Gasteiger partial charge >= 0.3 is 0 Å². The molecule has 2 aromatic rings. The van der Waals surface area contributed by atoms with E-state index in [1.54, 1.807) is 6.20 Å². The zero-order valence-corrected chi connectivity index (χ0v) is 13.8. The maximum absolute atomic E-state index is 12.9. The third-order valence-electron chi connectivity index (χ3n) is 5.22. The Morgan fingerprint density at radius 2 is 2.00 bits per heavy atom. The fraction of sp³-hybridized carbons (Fsp3) is 0.474. The second-order valence-corrected chi connectivity index (χ2v) is 6.62. The van der Waals surface area contributed by atoms with Gasteiger partial charge < -0.3 is 10.1 Å². The highest BCUT2D eigenvalue weighted by Crippen LogP contribution is 2.32. The first kappa shape index (κ1) is 15.5. The molecule has 1 saturated carbocycles. The number of benzene rings is 1. The number of nitrogens with zero attached hydrogens (tertiary/aromatic N) is 2. The maximum Gasteiger partial charge on any atom is 0.229 e. The molecule has 2 aliphatic rings. The van der Waals surface area contributed by atoms with Crippen molar-refractivity contribution in [3.63, 3.8) is 0 Å². The molecule has 0 bridgehead atoms. The molecule has 1 N–H and O–H groups in total. The standard InChI is InChI=1S/C19H23N3O2/c23-19(15-6-2-8-17(15)22-10-12-24-13-11-22)21-16-7-1-4-14-5-3-9-20-18(14)16/h1,3-5,7,9,15,17H,2,6,8,10-13H2,(H,21,23)/t15-,17+/m1/s1. The Balaban J connectivity index is 1.52. The number of carbonyl (C=O) groups is 1. The Bertz CT molecular complexity index is 722. The molecule has 1 aliphatic carbocycles. The number of anilines is 1. The first-order valence-corrected chi connectivity index (χ1v) is 8.79. The number of fused-ring (bicyclic) bond motifs is 1. The van der Waals surface area contributed by atoms with Gasteiger partial charge in [0.1, 0.15) is 0 Å². The van der Waals surface area contributed by atoms with Gasteiger partial charge in [0, 0.05) is 30.7 Å². The molecular formula is C19H23N3O2. The van der Waals surface area contributed by atoms with E-state index in [1.807, 2.05) is 30.3 Å². The summed E-state index contributed by atoms with van der Waals surface area (Å²) in [6, 6.07) is 10.2. The highest BCUT2D eigenvalue weighted by Gasteiger charge is 2.37. The molecule has 1 amide bonds. The average molecular weight is 325 g/mol. The fourth-order valence-corrected chi connectivity index (χ4v) is 4.02. The normalized spacial score (nSPS) is 25.0. The zero-order valence-electron chi connectivity index (χ0n) is 13.8. The van der Waals surface area contributed by atoms with E-state index in [9.17, 15) is 4.79 Å². The van der Waals surface area contributed by atoms with E-state index < -0.39 is 0 Å². The monoisotopic (exact) mass is 325 g/mol. The first-order chi connectivity index (χ1) is 11.8. The van der Waals surface area contributed by atoms with Crippen LogP contribution < -0.4 is 5.32 Å². The highest BCUT2D eigenvalue weighted by atomic mass is 16.5. The van der Waals surface area contributed by atoms with Crippen molar-refractivity contribution in [2.75, 3.05) is 31.6 Å². The number of carbonyl (C=O) groups excluding carboxylic acids is 1. The molecule has 24 heavy (non-hydrogen) atoms. The van der Waals surface area contributed by atoms with Crippen LogP contribution in [-0.4, -0.2) is 48.1 Å². The molecule has 0 unspecified atom stereocenters. The fourth-order valence-electron chi connectivity index (χ4n) is 4.02. The van der Waals surface area contributed by atoms with Gasteiger partial charge in [-0.3, -0.25) is 14.7 Å². The van der Waals surface area contributed by atoms with Crippen molar-refractivity contribution in [3.05, 3.63) is 36.5 Å². The Morgan fingerprint density at radius 3 is 2.88 bits per heavy atom. The molecule has 5 nitrogen and oxygen atoms in total. The van der Waals surface area contributed by atoms with E-state index >= 15 is 0 Å². The second kappa shape index (κ2) is 6.87. The molecule has 1 saturated heterocycles. The van der Waals surface area contributed by atoms with Crippen molar-refractivity contribution in [2.45, 2.75) is 25.3 Å². The van der Waals surface area contributed by atoms with Crippen LogP contribution in [0.1, 0.15) is 19.3 Å². The molecule has 2 atom stereocenters. The Labute approximate surface area is 142 Å². The second-order valence-electron chi connectivity index (χ2n) is 6.62. The number of pyridine rings is 1. The smallest absolute Gasteiger partial charge is 0.229 e.